The van der Waals surface area contributed by atoms with Crippen LogP contribution in [0.5, 0.6) is 0 Å². The number of para-hydroxylation sites is 1. The summed E-state index contributed by atoms with van der Waals surface area (Å²) in [4.78, 5) is 24.0. The number of fused-ring (bicyclic) bond motifs is 1. The number of sulfone groups is 1. The second-order valence-electron chi connectivity index (χ2n) is 6.14. The largest absolute Gasteiger partial charge is 0.451 e. The first kappa shape index (κ1) is 16.4. The second-order valence-corrected chi connectivity index (χ2v) is 8.33. The SMILES string of the molecule is C[C@@]1(NC(=O)COC(=O)c2n[nH]c3ccccc23)CCS(=O)(=O)C1. The van der Waals surface area contributed by atoms with Crippen LogP contribution < -0.4 is 5.32 Å². The molecule has 0 saturated carbocycles. The molecule has 24 heavy (non-hydrogen) atoms. The van der Waals surface area contributed by atoms with Gasteiger partial charge in [-0.15, -0.1) is 0 Å². The molecule has 9 heteroatoms. The maximum atomic E-state index is 12.1. The molecule has 0 aliphatic carbocycles. The molecule has 1 saturated heterocycles. The van der Waals surface area contributed by atoms with Gasteiger partial charge in [-0.2, -0.15) is 5.10 Å². The molecule has 2 N–H and O–H groups in total. The summed E-state index contributed by atoms with van der Waals surface area (Å²) in [7, 11) is -3.13. The number of carbonyl (C=O) groups excluding carboxylic acids is 2. The summed E-state index contributed by atoms with van der Waals surface area (Å²) in [6.07, 6.45) is 0.346. The van der Waals surface area contributed by atoms with E-state index in [-0.39, 0.29) is 17.2 Å². The topological polar surface area (TPSA) is 118 Å². The number of amides is 1. The first-order valence-corrected chi connectivity index (χ1v) is 9.22. The number of H-pyrrole nitrogens is 1. The molecule has 1 aromatic heterocycles. The van der Waals surface area contributed by atoms with Gasteiger partial charge in [0.05, 0.1) is 22.6 Å². The molecule has 2 aromatic rings. The molecule has 0 unspecified atom stereocenters. The van der Waals surface area contributed by atoms with E-state index < -0.39 is 33.9 Å². The number of aromatic amines is 1. The fourth-order valence-electron chi connectivity index (χ4n) is 2.80. The number of hydrogen-bond acceptors (Lipinski definition) is 6. The fourth-order valence-corrected chi connectivity index (χ4v) is 4.89. The van der Waals surface area contributed by atoms with Crippen LogP contribution in [0.15, 0.2) is 24.3 Å². The lowest BCUT2D eigenvalue weighted by Crippen LogP contribution is -2.48. The second kappa shape index (κ2) is 5.90. The van der Waals surface area contributed by atoms with Gasteiger partial charge in [-0.25, -0.2) is 13.2 Å². The molecule has 1 aromatic carbocycles. The lowest BCUT2D eigenvalue weighted by atomic mass is 10.0. The zero-order chi connectivity index (χ0) is 17.4. The predicted octanol–water partition coefficient (Wildman–Crippen LogP) is 0.413. The molecule has 3 rings (SSSR count). The number of hydrogen-bond donors (Lipinski definition) is 2. The van der Waals surface area contributed by atoms with E-state index in [0.29, 0.717) is 17.3 Å². The smallest absolute Gasteiger partial charge is 0.359 e. The van der Waals surface area contributed by atoms with Crippen molar-refractivity contribution in [3.63, 3.8) is 0 Å². The summed E-state index contributed by atoms with van der Waals surface area (Å²) in [5.74, 6) is -1.32. The van der Waals surface area contributed by atoms with Crippen LogP contribution in [0, 0.1) is 0 Å². The van der Waals surface area contributed by atoms with Gasteiger partial charge in [0.25, 0.3) is 5.91 Å². The summed E-state index contributed by atoms with van der Waals surface area (Å²) in [6.45, 7) is 1.17. The molecular formula is C15H17N3O5S. The zero-order valence-corrected chi connectivity index (χ0v) is 13.9. The Morgan fingerprint density at radius 1 is 1.38 bits per heavy atom. The first-order valence-electron chi connectivity index (χ1n) is 7.40. The van der Waals surface area contributed by atoms with Crippen molar-refractivity contribution in [3.8, 4) is 0 Å². The Hall–Kier alpha value is -2.42. The van der Waals surface area contributed by atoms with E-state index in [1.165, 1.54) is 0 Å². The van der Waals surface area contributed by atoms with E-state index in [0.717, 1.165) is 0 Å². The molecule has 0 spiro atoms. The van der Waals surface area contributed by atoms with Crippen LogP contribution in [0.2, 0.25) is 0 Å². The third kappa shape index (κ3) is 3.40. The number of nitrogens with one attached hydrogen (secondary N) is 2. The highest BCUT2D eigenvalue weighted by Crippen LogP contribution is 2.22. The number of ether oxygens (including phenoxy) is 1. The molecule has 128 valence electrons. The monoisotopic (exact) mass is 351 g/mol. The number of nitrogens with zero attached hydrogens (tertiary/aromatic N) is 1. The average Bonchev–Trinajstić information content (AvgIpc) is 3.05. The van der Waals surface area contributed by atoms with Gasteiger partial charge in [0.2, 0.25) is 0 Å². The Bertz CT molecular complexity index is 905. The number of carbonyl (C=O) groups is 2. The van der Waals surface area contributed by atoms with E-state index in [1.807, 2.05) is 0 Å². The van der Waals surface area contributed by atoms with E-state index in [1.54, 1.807) is 31.2 Å². The van der Waals surface area contributed by atoms with Gasteiger partial charge in [0.1, 0.15) is 0 Å². The molecule has 0 bridgehead atoms. The van der Waals surface area contributed by atoms with Gasteiger partial charge >= 0.3 is 5.97 Å². The van der Waals surface area contributed by atoms with E-state index in [2.05, 4.69) is 15.5 Å². The minimum atomic E-state index is -3.13. The lowest BCUT2D eigenvalue weighted by Gasteiger charge is -2.23. The third-order valence-corrected chi connectivity index (χ3v) is 5.85. The van der Waals surface area contributed by atoms with Gasteiger partial charge in [-0.1, -0.05) is 18.2 Å². The van der Waals surface area contributed by atoms with Crippen molar-refractivity contribution in [1.29, 1.82) is 0 Å². The van der Waals surface area contributed by atoms with Gasteiger partial charge in [0.15, 0.2) is 22.1 Å². The van der Waals surface area contributed by atoms with Crippen molar-refractivity contribution >= 4 is 32.6 Å². The molecule has 0 radical (unpaired) electrons. The van der Waals surface area contributed by atoms with Gasteiger partial charge in [-0.05, 0) is 19.4 Å². The normalized spacial score (nSPS) is 22.4. The third-order valence-electron chi connectivity index (χ3n) is 3.94. The Morgan fingerprint density at radius 3 is 2.83 bits per heavy atom. The van der Waals surface area contributed by atoms with Crippen LogP contribution in [0.1, 0.15) is 23.8 Å². The minimum absolute atomic E-state index is 0.0445. The quantitative estimate of drug-likeness (QED) is 0.771. The van der Waals surface area contributed by atoms with Crippen molar-refractivity contribution in [1.82, 2.24) is 15.5 Å². The maximum Gasteiger partial charge on any atom is 0.359 e. The summed E-state index contributed by atoms with van der Waals surface area (Å²) in [5, 5.41) is 9.84. The van der Waals surface area contributed by atoms with Crippen molar-refractivity contribution in [2.45, 2.75) is 18.9 Å². The molecule has 8 nitrogen and oxygen atoms in total. The molecule has 1 aliphatic heterocycles. The van der Waals surface area contributed by atoms with E-state index >= 15 is 0 Å². The van der Waals surface area contributed by atoms with Crippen LogP contribution in [0.25, 0.3) is 10.9 Å². The van der Waals surface area contributed by atoms with Crippen LogP contribution >= 0.6 is 0 Å². The molecule has 1 fully saturated rings. The summed E-state index contributed by atoms with van der Waals surface area (Å²) in [5.41, 5.74) is -0.0212. The summed E-state index contributed by atoms with van der Waals surface area (Å²) in [6, 6.07) is 7.06. The fraction of sp³-hybridized carbons (Fsp3) is 0.400. The van der Waals surface area contributed by atoms with Crippen molar-refractivity contribution in [2.75, 3.05) is 18.1 Å². The van der Waals surface area contributed by atoms with E-state index in [4.69, 9.17) is 4.74 Å². The number of rotatable bonds is 4. The molecule has 1 aliphatic rings. The molecule has 2 heterocycles. The number of esters is 1. The van der Waals surface area contributed by atoms with Crippen molar-refractivity contribution in [3.05, 3.63) is 30.0 Å². The highest BCUT2D eigenvalue weighted by molar-refractivity contribution is 7.91. The highest BCUT2D eigenvalue weighted by atomic mass is 32.2. The molecular weight excluding hydrogens is 334 g/mol. The molecule has 1 atom stereocenters. The number of benzene rings is 1. The van der Waals surface area contributed by atoms with Crippen LogP contribution in [0.3, 0.4) is 0 Å². The van der Waals surface area contributed by atoms with Crippen molar-refractivity contribution < 1.29 is 22.7 Å². The first-order chi connectivity index (χ1) is 11.3. The Labute approximate surface area is 138 Å². The minimum Gasteiger partial charge on any atom is -0.451 e. The average molecular weight is 351 g/mol. The standard InChI is InChI=1S/C15H17N3O5S/c1-15(6-7-24(21,22)9-15)16-12(19)8-23-14(20)13-10-4-2-3-5-11(10)17-18-13/h2-5H,6-9H2,1H3,(H,16,19)(H,17,18)/t15-/m1/s1. The van der Waals surface area contributed by atoms with E-state index in [9.17, 15) is 18.0 Å². The Morgan fingerprint density at radius 2 is 2.12 bits per heavy atom. The predicted molar refractivity (Wildman–Crippen MR) is 86.2 cm³/mol. The summed E-state index contributed by atoms with van der Waals surface area (Å²) >= 11 is 0. The lowest BCUT2D eigenvalue weighted by molar-refractivity contribution is -0.125. The van der Waals surface area contributed by atoms with Crippen LogP contribution in [0.4, 0.5) is 0 Å². The van der Waals surface area contributed by atoms with Crippen LogP contribution in [-0.2, 0) is 19.4 Å². The molecule has 1 amide bonds. The van der Waals surface area contributed by atoms with Crippen molar-refractivity contribution in [2.24, 2.45) is 0 Å². The van der Waals surface area contributed by atoms with Crippen LogP contribution in [-0.4, -0.2) is 54.1 Å². The van der Waals surface area contributed by atoms with Gasteiger partial charge in [-0.3, -0.25) is 9.89 Å². The summed E-state index contributed by atoms with van der Waals surface area (Å²) < 4.78 is 28.0. The van der Waals surface area contributed by atoms with Gasteiger partial charge < -0.3 is 10.1 Å². The Balaban J connectivity index is 1.59. The maximum absolute atomic E-state index is 12.1. The Kier molecular flexibility index (Phi) is 4.04. The van der Waals surface area contributed by atoms with Gasteiger partial charge in [0, 0.05) is 5.39 Å². The zero-order valence-electron chi connectivity index (χ0n) is 13.0. The number of aromatic nitrogens is 2. The highest BCUT2D eigenvalue weighted by Gasteiger charge is 2.39.